The molecule has 1 aliphatic rings. The first kappa shape index (κ1) is 10.6. The van der Waals surface area contributed by atoms with Gasteiger partial charge in [0.25, 0.3) is 0 Å². The van der Waals surface area contributed by atoms with Crippen molar-refractivity contribution in [2.75, 3.05) is 26.7 Å². The molecule has 0 radical (unpaired) electrons. The third-order valence-corrected chi connectivity index (χ3v) is 3.17. The minimum atomic E-state index is 0.401. The molecule has 0 amide bonds. The van der Waals surface area contributed by atoms with Crippen molar-refractivity contribution in [3.05, 3.63) is 17.2 Å². The first-order chi connectivity index (χ1) is 7.22. The van der Waals surface area contributed by atoms with E-state index in [0.29, 0.717) is 6.04 Å². The van der Waals surface area contributed by atoms with Gasteiger partial charge in [0.05, 0.1) is 11.7 Å². The quantitative estimate of drug-likeness (QED) is 0.757. The lowest BCUT2D eigenvalue weighted by atomic mass is 10.2. The van der Waals surface area contributed by atoms with E-state index in [1.54, 1.807) is 0 Å². The lowest BCUT2D eigenvalue weighted by Crippen LogP contribution is -2.44. The standard InChI is InChI=1S/C11H20N4/c1-4-9-8(2)13-11(14-9)10-7-12-5-6-15(10)3/h10,12H,4-7H2,1-3H3,(H,13,14). The molecule has 0 aromatic carbocycles. The Hall–Kier alpha value is -0.870. The maximum atomic E-state index is 4.67. The number of aromatic nitrogens is 2. The Balaban J connectivity index is 2.20. The van der Waals surface area contributed by atoms with Gasteiger partial charge in [-0.3, -0.25) is 4.90 Å². The Morgan fingerprint density at radius 2 is 2.33 bits per heavy atom. The van der Waals surface area contributed by atoms with Crippen LogP contribution in [0.5, 0.6) is 0 Å². The molecule has 15 heavy (non-hydrogen) atoms. The van der Waals surface area contributed by atoms with E-state index in [1.165, 1.54) is 11.4 Å². The van der Waals surface area contributed by atoms with E-state index in [9.17, 15) is 0 Å². The summed E-state index contributed by atoms with van der Waals surface area (Å²) in [6, 6.07) is 0.401. The number of piperazine rings is 1. The van der Waals surface area contributed by atoms with E-state index < -0.39 is 0 Å². The van der Waals surface area contributed by atoms with Gasteiger partial charge in [0, 0.05) is 25.3 Å². The molecule has 0 spiro atoms. The zero-order chi connectivity index (χ0) is 10.8. The van der Waals surface area contributed by atoms with E-state index in [2.05, 4.69) is 41.1 Å². The molecule has 0 bridgehead atoms. The Bertz CT molecular complexity index is 331. The van der Waals surface area contributed by atoms with Crippen LogP contribution in [0.25, 0.3) is 0 Å². The molecule has 4 nitrogen and oxygen atoms in total. The number of aryl methyl sites for hydroxylation is 2. The topological polar surface area (TPSA) is 44.0 Å². The minimum absolute atomic E-state index is 0.401. The first-order valence-corrected chi connectivity index (χ1v) is 5.68. The number of aromatic amines is 1. The molecule has 1 aromatic heterocycles. The van der Waals surface area contributed by atoms with Crippen molar-refractivity contribution in [2.24, 2.45) is 0 Å². The number of H-pyrrole nitrogens is 1. The molecule has 1 aromatic rings. The molecule has 84 valence electrons. The maximum absolute atomic E-state index is 4.67. The van der Waals surface area contributed by atoms with Gasteiger partial charge < -0.3 is 10.3 Å². The average molecular weight is 208 g/mol. The summed E-state index contributed by atoms with van der Waals surface area (Å²) in [6.07, 6.45) is 1.01. The number of rotatable bonds is 2. The summed E-state index contributed by atoms with van der Waals surface area (Å²) >= 11 is 0. The van der Waals surface area contributed by atoms with Gasteiger partial charge in [-0.05, 0) is 20.4 Å². The van der Waals surface area contributed by atoms with E-state index in [0.717, 1.165) is 31.9 Å². The summed E-state index contributed by atoms with van der Waals surface area (Å²) < 4.78 is 0. The van der Waals surface area contributed by atoms with Crippen LogP contribution >= 0.6 is 0 Å². The fourth-order valence-corrected chi connectivity index (χ4v) is 2.13. The first-order valence-electron chi connectivity index (χ1n) is 5.68. The van der Waals surface area contributed by atoms with E-state index >= 15 is 0 Å². The predicted molar refractivity (Wildman–Crippen MR) is 60.9 cm³/mol. The molecule has 0 saturated carbocycles. The van der Waals surface area contributed by atoms with Crippen molar-refractivity contribution < 1.29 is 0 Å². The lowest BCUT2D eigenvalue weighted by Gasteiger charge is -2.31. The summed E-state index contributed by atoms with van der Waals surface area (Å²) in [5.74, 6) is 1.11. The van der Waals surface area contributed by atoms with Gasteiger partial charge in [-0.15, -0.1) is 0 Å². The summed E-state index contributed by atoms with van der Waals surface area (Å²) in [6.45, 7) is 7.41. The van der Waals surface area contributed by atoms with Crippen molar-refractivity contribution in [1.29, 1.82) is 0 Å². The van der Waals surface area contributed by atoms with Gasteiger partial charge in [0.2, 0.25) is 0 Å². The molecule has 1 fully saturated rings. The molecule has 1 saturated heterocycles. The smallest absolute Gasteiger partial charge is 0.125 e. The van der Waals surface area contributed by atoms with Crippen molar-refractivity contribution in [1.82, 2.24) is 20.2 Å². The number of imidazole rings is 1. The van der Waals surface area contributed by atoms with Crippen LogP contribution in [0.1, 0.15) is 30.2 Å². The fourth-order valence-electron chi connectivity index (χ4n) is 2.13. The zero-order valence-electron chi connectivity index (χ0n) is 9.80. The normalized spacial score (nSPS) is 23.3. The molecule has 2 rings (SSSR count). The molecule has 4 heteroatoms. The zero-order valence-corrected chi connectivity index (χ0v) is 9.80. The van der Waals surface area contributed by atoms with Gasteiger partial charge in [-0.2, -0.15) is 0 Å². The second kappa shape index (κ2) is 4.33. The van der Waals surface area contributed by atoms with Crippen LogP contribution in [0, 0.1) is 6.92 Å². The van der Waals surface area contributed by atoms with E-state index in [1.807, 2.05) is 0 Å². The number of nitrogens with one attached hydrogen (secondary N) is 2. The van der Waals surface area contributed by atoms with Gasteiger partial charge >= 0.3 is 0 Å². The highest BCUT2D eigenvalue weighted by Crippen LogP contribution is 2.19. The van der Waals surface area contributed by atoms with E-state index in [-0.39, 0.29) is 0 Å². The second-order valence-corrected chi connectivity index (χ2v) is 4.25. The summed E-state index contributed by atoms with van der Waals surface area (Å²) in [7, 11) is 2.16. The molecule has 1 aliphatic heterocycles. The van der Waals surface area contributed by atoms with Crippen LogP contribution in [-0.2, 0) is 6.42 Å². The molecule has 1 atom stereocenters. The monoisotopic (exact) mass is 208 g/mol. The second-order valence-electron chi connectivity index (χ2n) is 4.25. The fraction of sp³-hybridized carbons (Fsp3) is 0.727. The Kier molecular flexibility index (Phi) is 3.07. The number of hydrogen-bond acceptors (Lipinski definition) is 3. The van der Waals surface area contributed by atoms with Crippen LogP contribution in [0.15, 0.2) is 0 Å². The maximum Gasteiger partial charge on any atom is 0.125 e. The highest BCUT2D eigenvalue weighted by Gasteiger charge is 2.23. The molecule has 2 N–H and O–H groups in total. The summed E-state index contributed by atoms with van der Waals surface area (Å²) in [4.78, 5) is 10.4. The molecule has 2 heterocycles. The summed E-state index contributed by atoms with van der Waals surface area (Å²) in [5.41, 5.74) is 2.41. The number of nitrogens with zero attached hydrogens (tertiary/aromatic N) is 2. The highest BCUT2D eigenvalue weighted by molar-refractivity contribution is 5.15. The van der Waals surface area contributed by atoms with Crippen molar-refractivity contribution in [3.8, 4) is 0 Å². The number of hydrogen-bond donors (Lipinski definition) is 2. The van der Waals surface area contributed by atoms with Gasteiger partial charge in [-0.1, -0.05) is 6.92 Å². The van der Waals surface area contributed by atoms with Gasteiger partial charge in [0.1, 0.15) is 5.82 Å². The molecule has 1 unspecified atom stereocenters. The molecule has 0 aliphatic carbocycles. The Morgan fingerprint density at radius 1 is 1.53 bits per heavy atom. The Labute approximate surface area is 91.1 Å². The predicted octanol–water partition coefficient (Wildman–Crippen LogP) is 0.857. The van der Waals surface area contributed by atoms with Crippen molar-refractivity contribution in [3.63, 3.8) is 0 Å². The third-order valence-electron chi connectivity index (χ3n) is 3.17. The van der Waals surface area contributed by atoms with Crippen LogP contribution < -0.4 is 5.32 Å². The molecular weight excluding hydrogens is 188 g/mol. The van der Waals surface area contributed by atoms with Crippen LogP contribution in [0.4, 0.5) is 0 Å². The van der Waals surface area contributed by atoms with Crippen LogP contribution in [0.3, 0.4) is 0 Å². The molecular formula is C11H20N4. The largest absolute Gasteiger partial charge is 0.344 e. The van der Waals surface area contributed by atoms with Crippen molar-refractivity contribution >= 4 is 0 Å². The lowest BCUT2D eigenvalue weighted by molar-refractivity contribution is 0.195. The number of likely N-dealkylation sites (N-methyl/N-ethyl adjacent to an activating group) is 1. The van der Waals surface area contributed by atoms with Gasteiger partial charge in [0.15, 0.2) is 0 Å². The SMILES string of the molecule is CCc1nc(C2CNCCN2C)[nH]c1C. The van der Waals surface area contributed by atoms with Crippen molar-refractivity contribution in [2.45, 2.75) is 26.3 Å². The van der Waals surface area contributed by atoms with Gasteiger partial charge in [-0.25, -0.2) is 4.98 Å². The summed E-state index contributed by atoms with van der Waals surface area (Å²) in [5, 5.41) is 3.41. The Morgan fingerprint density at radius 3 is 2.93 bits per heavy atom. The highest BCUT2D eigenvalue weighted by atomic mass is 15.2. The minimum Gasteiger partial charge on any atom is -0.344 e. The van der Waals surface area contributed by atoms with E-state index in [4.69, 9.17) is 0 Å². The third kappa shape index (κ3) is 2.06. The average Bonchev–Trinajstić information content (AvgIpc) is 2.60. The van der Waals surface area contributed by atoms with Crippen LogP contribution in [0.2, 0.25) is 0 Å². The van der Waals surface area contributed by atoms with Crippen LogP contribution in [-0.4, -0.2) is 41.5 Å².